The van der Waals surface area contributed by atoms with Crippen LogP contribution in [0.4, 0.5) is 0 Å². The Bertz CT molecular complexity index is 404. The van der Waals surface area contributed by atoms with E-state index < -0.39 is 0 Å². The van der Waals surface area contributed by atoms with Crippen LogP contribution in [0.25, 0.3) is 0 Å². The normalized spacial score (nSPS) is 17.6. The zero-order valence-corrected chi connectivity index (χ0v) is 10.7. The molecule has 0 aromatic carbocycles. The van der Waals surface area contributed by atoms with Crippen molar-refractivity contribution in [1.82, 2.24) is 15.2 Å². The van der Waals surface area contributed by atoms with Gasteiger partial charge < -0.3 is 10.2 Å². The highest BCUT2D eigenvalue weighted by molar-refractivity contribution is 14.1. The van der Waals surface area contributed by atoms with Gasteiger partial charge in [-0.3, -0.25) is 0 Å². The minimum Gasteiger partial charge on any atom is -0.369 e. The maximum absolute atomic E-state index is 10.2. The summed E-state index contributed by atoms with van der Waals surface area (Å²) >= 11 is 2.17. The Labute approximate surface area is 107 Å². The Balaban J connectivity index is 2.06. The van der Waals surface area contributed by atoms with Gasteiger partial charge in [-0.2, -0.15) is 0 Å². The molecule has 84 valence electrons. The average Bonchev–Trinajstić information content (AvgIpc) is 2.70. The number of rotatable bonds is 3. The van der Waals surface area contributed by atoms with Gasteiger partial charge in [-0.25, -0.2) is 4.98 Å². The second-order valence-corrected chi connectivity index (χ2v) is 4.56. The SMILES string of the molecule is O=N/C=C1\NCCN1Cc1ccc(I)nc1. The van der Waals surface area contributed by atoms with E-state index in [0.717, 1.165) is 34.7 Å². The van der Waals surface area contributed by atoms with E-state index in [0.29, 0.717) is 0 Å². The van der Waals surface area contributed by atoms with Crippen LogP contribution in [-0.2, 0) is 6.54 Å². The van der Waals surface area contributed by atoms with Gasteiger partial charge in [0, 0.05) is 25.8 Å². The zero-order valence-electron chi connectivity index (χ0n) is 8.56. The molecule has 0 amide bonds. The van der Waals surface area contributed by atoms with Crippen molar-refractivity contribution < 1.29 is 0 Å². The number of nitroso groups, excluding NO2 is 1. The fourth-order valence-corrected chi connectivity index (χ4v) is 1.93. The molecular weight excluding hydrogens is 319 g/mol. The van der Waals surface area contributed by atoms with E-state index in [-0.39, 0.29) is 0 Å². The molecule has 0 aliphatic carbocycles. The minimum atomic E-state index is 0.748. The summed E-state index contributed by atoms with van der Waals surface area (Å²) in [5.41, 5.74) is 1.13. The highest BCUT2D eigenvalue weighted by Crippen LogP contribution is 2.13. The lowest BCUT2D eigenvalue weighted by Crippen LogP contribution is -2.19. The van der Waals surface area contributed by atoms with Gasteiger partial charge in [0.1, 0.15) is 15.7 Å². The Morgan fingerprint density at radius 1 is 1.62 bits per heavy atom. The smallest absolute Gasteiger partial charge is 0.124 e. The molecule has 6 heteroatoms. The number of halogens is 1. The predicted octanol–water partition coefficient (Wildman–Crippen LogP) is 1.66. The van der Waals surface area contributed by atoms with E-state index in [9.17, 15) is 4.91 Å². The molecule has 0 spiro atoms. The van der Waals surface area contributed by atoms with Crippen molar-refractivity contribution in [1.29, 1.82) is 0 Å². The molecule has 0 bridgehead atoms. The highest BCUT2D eigenvalue weighted by Gasteiger charge is 2.16. The van der Waals surface area contributed by atoms with E-state index >= 15 is 0 Å². The lowest BCUT2D eigenvalue weighted by molar-refractivity contribution is 0.387. The summed E-state index contributed by atoms with van der Waals surface area (Å²) in [6.07, 6.45) is 3.17. The summed E-state index contributed by atoms with van der Waals surface area (Å²) in [4.78, 5) is 16.5. The molecule has 0 atom stereocenters. The van der Waals surface area contributed by atoms with Crippen molar-refractivity contribution >= 4 is 22.6 Å². The molecule has 1 N–H and O–H groups in total. The van der Waals surface area contributed by atoms with Crippen LogP contribution in [0.3, 0.4) is 0 Å². The molecule has 16 heavy (non-hydrogen) atoms. The van der Waals surface area contributed by atoms with E-state index in [1.165, 1.54) is 6.20 Å². The second-order valence-electron chi connectivity index (χ2n) is 3.46. The quantitative estimate of drug-likeness (QED) is 0.520. The Morgan fingerprint density at radius 3 is 3.19 bits per heavy atom. The van der Waals surface area contributed by atoms with Crippen LogP contribution in [0.2, 0.25) is 0 Å². The first kappa shape index (κ1) is 11.3. The standard InChI is InChI=1S/C10H11IN4O/c11-9-2-1-8(5-13-9)7-15-4-3-12-10(15)6-14-16/h1-2,5-6,12H,3-4,7H2/b10-6+. The number of pyridine rings is 1. The number of hydrogen-bond acceptors (Lipinski definition) is 5. The van der Waals surface area contributed by atoms with E-state index in [1.54, 1.807) is 0 Å². The van der Waals surface area contributed by atoms with Gasteiger partial charge in [0.2, 0.25) is 0 Å². The van der Waals surface area contributed by atoms with E-state index in [2.05, 4.69) is 43.0 Å². The van der Waals surface area contributed by atoms with Crippen LogP contribution < -0.4 is 5.32 Å². The molecule has 0 saturated carbocycles. The lowest BCUT2D eigenvalue weighted by Gasteiger charge is -2.17. The zero-order chi connectivity index (χ0) is 11.4. The second kappa shape index (κ2) is 5.24. The molecule has 1 fully saturated rings. The summed E-state index contributed by atoms with van der Waals surface area (Å²) in [7, 11) is 0. The minimum absolute atomic E-state index is 0.748. The number of hydrogen-bond donors (Lipinski definition) is 1. The van der Waals surface area contributed by atoms with Gasteiger partial charge in [0.25, 0.3) is 0 Å². The van der Waals surface area contributed by atoms with E-state index in [1.807, 2.05) is 18.3 Å². The monoisotopic (exact) mass is 330 g/mol. The maximum Gasteiger partial charge on any atom is 0.124 e. The average molecular weight is 330 g/mol. The van der Waals surface area contributed by atoms with Gasteiger partial charge in [-0.05, 0) is 39.4 Å². The first-order valence-electron chi connectivity index (χ1n) is 4.91. The maximum atomic E-state index is 10.2. The molecule has 1 aromatic rings. The van der Waals surface area contributed by atoms with Gasteiger partial charge in [0.05, 0.1) is 0 Å². The number of aromatic nitrogens is 1. The van der Waals surface area contributed by atoms with Crippen molar-refractivity contribution in [3.05, 3.63) is 44.5 Å². The molecule has 1 aromatic heterocycles. The van der Waals surface area contributed by atoms with Crippen molar-refractivity contribution in [2.45, 2.75) is 6.54 Å². The third kappa shape index (κ3) is 2.69. The molecule has 1 aliphatic heterocycles. The van der Waals surface area contributed by atoms with Crippen LogP contribution in [0.15, 0.2) is 35.5 Å². The molecule has 1 saturated heterocycles. The van der Waals surface area contributed by atoms with E-state index in [4.69, 9.17) is 0 Å². The fourth-order valence-electron chi connectivity index (χ4n) is 1.61. The molecule has 2 heterocycles. The van der Waals surface area contributed by atoms with Crippen LogP contribution in [0.1, 0.15) is 5.56 Å². The van der Waals surface area contributed by atoms with Crippen molar-refractivity contribution in [3.63, 3.8) is 0 Å². The Kier molecular flexibility index (Phi) is 3.70. The van der Waals surface area contributed by atoms with Gasteiger partial charge >= 0.3 is 0 Å². The molecule has 0 unspecified atom stereocenters. The topological polar surface area (TPSA) is 57.6 Å². The van der Waals surface area contributed by atoms with Gasteiger partial charge in [0.15, 0.2) is 0 Å². The molecule has 1 aliphatic rings. The molecule has 5 nitrogen and oxygen atoms in total. The number of nitrogens with zero attached hydrogens (tertiary/aromatic N) is 3. The van der Waals surface area contributed by atoms with Gasteiger partial charge in [-0.15, -0.1) is 4.91 Å². The third-order valence-electron chi connectivity index (χ3n) is 2.37. The summed E-state index contributed by atoms with van der Waals surface area (Å²) in [6.45, 7) is 2.48. The van der Waals surface area contributed by atoms with Crippen LogP contribution in [0.5, 0.6) is 0 Å². The number of nitrogens with one attached hydrogen (secondary N) is 1. The van der Waals surface area contributed by atoms with Crippen molar-refractivity contribution in [2.24, 2.45) is 5.18 Å². The van der Waals surface area contributed by atoms with Crippen molar-refractivity contribution in [3.8, 4) is 0 Å². The summed E-state index contributed by atoms with van der Waals surface area (Å²) < 4.78 is 0.978. The summed E-state index contributed by atoms with van der Waals surface area (Å²) in [6, 6.07) is 4.01. The molecule has 2 rings (SSSR count). The Hall–Kier alpha value is -1.18. The fraction of sp³-hybridized carbons (Fsp3) is 0.300. The van der Waals surface area contributed by atoms with Crippen LogP contribution in [0, 0.1) is 8.61 Å². The predicted molar refractivity (Wildman–Crippen MR) is 69.2 cm³/mol. The first-order chi connectivity index (χ1) is 7.79. The third-order valence-corrected chi connectivity index (χ3v) is 3.00. The first-order valence-corrected chi connectivity index (χ1v) is 5.99. The van der Waals surface area contributed by atoms with Crippen LogP contribution >= 0.6 is 22.6 Å². The van der Waals surface area contributed by atoms with Crippen LogP contribution in [-0.4, -0.2) is 23.0 Å². The highest BCUT2D eigenvalue weighted by atomic mass is 127. The van der Waals surface area contributed by atoms with Gasteiger partial charge in [-0.1, -0.05) is 6.07 Å². The Morgan fingerprint density at radius 2 is 2.50 bits per heavy atom. The summed E-state index contributed by atoms with van der Waals surface area (Å²) in [5.74, 6) is 0.786. The molecule has 0 radical (unpaired) electrons. The van der Waals surface area contributed by atoms with Crippen molar-refractivity contribution in [2.75, 3.05) is 13.1 Å². The lowest BCUT2D eigenvalue weighted by atomic mass is 10.3. The molecular formula is C10H11IN4O. The largest absolute Gasteiger partial charge is 0.369 e. The summed E-state index contributed by atoms with van der Waals surface area (Å²) in [5, 5.41) is 5.90.